The van der Waals surface area contributed by atoms with Crippen molar-refractivity contribution in [3.05, 3.63) is 0 Å². The van der Waals surface area contributed by atoms with Crippen LogP contribution >= 0.6 is 0 Å². The topological polar surface area (TPSA) is 58.2 Å². The lowest BCUT2D eigenvalue weighted by Gasteiger charge is -2.41. The predicted octanol–water partition coefficient (Wildman–Crippen LogP) is 1.91. The number of carbonyl (C=O) groups is 2. The van der Waals surface area contributed by atoms with E-state index in [1.165, 1.54) is 5.32 Å². The first-order chi connectivity index (χ1) is 9.16. The van der Waals surface area contributed by atoms with Crippen molar-refractivity contribution in [2.75, 3.05) is 6.54 Å². The van der Waals surface area contributed by atoms with Crippen LogP contribution in [0.4, 0.5) is 44.3 Å². The molecule has 3 amide bonds. The number of halogens is 9. The minimum atomic E-state index is -6.90. The number of carbonyl (C=O) groups excluding carboxylic acids is 2. The fourth-order valence-electron chi connectivity index (χ4n) is 1.65. The maximum absolute atomic E-state index is 13.8. The van der Waals surface area contributed by atoms with Gasteiger partial charge in [0.15, 0.2) is 0 Å². The van der Waals surface area contributed by atoms with Gasteiger partial charge in [-0.05, 0) is 0 Å². The van der Waals surface area contributed by atoms with Crippen molar-refractivity contribution >= 4 is 11.9 Å². The molecule has 2 unspecified atom stereocenters. The molecule has 4 nitrogen and oxygen atoms in total. The molecule has 0 aliphatic carbocycles. The zero-order chi connectivity index (χ0) is 16.9. The Morgan fingerprint density at radius 3 is 1.67 bits per heavy atom. The van der Waals surface area contributed by atoms with E-state index in [2.05, 4.69) is 0 Å². The summed E-state index contributed by atoms with van der Waals surface area (Å²) in [6.07, 6.45) is -13.6. The second kappa shape index (κ2) is 4.66. The maximum atomic E-state index is 13.8. The number of imide groups is 1. The van der Waals surface area contributed by atoms with E-state index in [0.717, 1.165) is 5.32 Å². The van der Waals surface area contributed by atoms with Gasteiger partial charge in [-0.2, -0.15) is 35.1 Å². The summed E-state index contributed by atoms with van der Waals surface area (Å²) in [4.78, 5) is 21.6. The van der Waals surface area contributed by atoms with Crippen LogP contribution in [-0.2, 0) is 4.79 Å². The molecule has 0 radical (unpaired) electrons. The second-order valence-electron chi connectivity index (χ2n) is 4.03. The molecule has 0 aromatic rings. The first-order valence-electron chi connectivity index (χ1n) is 4.95. The number of amides is 3. The summed E-state index contributed by atoms with van der Waals surface area (Å²) in [6, 6.07) is -1.45. The Morgan fingerprint density at radius 2 is 1.33 bits per heavy atom. The third-order valence-corrected chi connectivity index (χ3v) is 2.73. The van der Waals surface area contributed by atoms with Crippen LogP contribution in [0, 0.1) is 5.92 Å². The van der Waals surface area contributed by atoms with Crippen LogP contribution in [0.2, 0.25) is 0 Å². The van der Waals surface area contributed by atoms with Gasteiger partial charge in [0.05, 0.1) is 0 Å². The van der Waals surface area contributed by atoms with Gasteiger partial charge in [0.2, 0.25) is 5.91 Å². The van der Waals surface area contributed by atoms with Crippen molar-refractivity contribution < 1.29 is 49.1 Å². The van der Waals surface area contributed by atoms with E-state index in [-0.39, 0.29) is 0 Å². The van der Waals surface area contributed by atoms with Gasteiger partial charge in [-0.1, -0.05) is 0 Å². The van der Waals surface area contributed by atoms with E-state index >= 15 is 0 Å². The van der Waals surface area contributed by atoms with Crippen LogP contribution in [-0.4, -0.2) is 42.4 Å². The van der Waals surface area contributed by atoms with Crippen LogP contribution in [0.3, 0.4) is 0 Å². The summed E-state index contributed by atoms with van der Waals surface area (Å²) < 4.78 is 114. The molecule has 0 aromatic carbocycles. The normalized spacial score (nSPS) is 24.1. The van der Waals surface area contributed by atoms with E-state index < -0.39 is 48.3 Å². The van der Waals surface area contributed by atoms with E-state index in [1.807, 2.05) is 0 Å². The minimum Gasteiger partial charge on any atom is -0.337 e. The SMILES string of the molecule is O=C1NCC(C(F)(C(F)(F)F)C(F)(F)C(F)(F)F)C(=O)N1. The quantitative estimate of drug-likeness (QED) is 0.759. The molecular formula is C8H5F9N2O2. The molecule has 1 heterocycles. The van der Waals surface area contributed by atoms with Crippen LogP contribution in [0.1, 0.15) is 0 Å². The molecule has 1 fully saturated rings. The van der Waals surface area contributed by atoms with Gasteiger partial charge < -0.3 is 5.32 Å². The van der Waals surface area contributed by atoms with Crippen LogP contribution in [0.5, 0.6) is 0 Å². The molecule has 122 valence electrons. The Bertz CT molecular complexity index is 458. The zero-order valence-corrected chi connectivity index (χ0v) is 9.50. The average molecular weight is 332 g/mol. The van der Waals surface area contributed by atoms with Gasteiger partial charge >= 0.3 is 24.3 Å². The molecule has 0 spiro atoms. The van der Waals surface area contributed by atoms with Gasteiger partial charge in [0.25, 0.3) is 5.67 Å². The number of nitrogens with one attached hydrogen (secondary N) is 2. The number of urea groups is 1. The second-order valence-corrected chi connectivity index (χ2v) is 4.03. The third-order valence-electron chi connectivity index (χ3n) is 2.73. The van der Waals surface area contributed by atoms with Gasteiger partial charge in [-0.25, -0.2) is 9.18 Å². The Hall–Kier alpha value is -1.69. The highest BCUT2D eigenvalue weighted by atomic mass is 19.4. The van der Waals surface area contributed by atoms with Crippen LogP contribution in [0.25, 0.3) is 0 Å². The monoisotopic (exact) mass is 332 g/mol. The van der Waals surface area contributed by atoms with E-state index in [9.17, 15) is 49.1 Å². The Morgan fingerprint density at radius 1 is 0.857 bits per heavy atom. The first-order valence-corrected chi connectivity index (χ1v) is 4.95. The standard InChI is InChI=1S/C8H5F9N2O2/c9-5(7(12,13)14,6(10,11)8(15,16)17)2-1-18-4(21)19-3(2)20/h2H,1H2,(H2,18,19,20,21). The van der Waals surface area contributed by atoms with Crippen molar-refractivity contribution in [3.63, 3.8) is 0 Å². The van der Waals surface area contributed by atoms with Crippen molar-refractivity contribution in [2.24, 2.45) is 5.92 Å². The number of hydrogen-bond acceptors (Lipinski definition) is 2. The summed E-state index contributed by atoms with van der Waals surface area (Å²) in [7, 11) is 0. The number of rotatable bonds is 2. The lowest BCUT2D eigenvalue weighted by Crippen LogP contribution is -2.71. The van der Waals surface area contributed by atoms with E-state index in [1.54, 1.807) is 0 Å². The number of alkyl halides is 9. The lowest BCUT2D eigenvalue weighted by atomic mass is 9.80. The van der Waals surface area contributed by atoms with Gasteiger partial charge in [0.1, 0.15) is 5.92 Å². The largest absolute Gasteiger partial charge is 0.457 e. The minimum absolute atomic E-state index is 1.00. The summed E-state index contributed by atoms with van der Waals surface area (Å²) in [5.74, 6) is -12.6. The Balaban J connectivity index is 3.43. The van der Waals surface area contributed by atoms with E-state index in [0.29, 0.717) is 0 Å². The molecule has 2 N–H and O–H groups in total. The Labute approximate surface area is 109 Å². The zero-order valence-electron chi connectivity index (χ0n) is 9.50. The van der Waals surface area contributed by atoms with Crippen molar-refractivity contribution in [2.45, 2.75) is 23.9 Å². The van der Waals surface area contributed by atoms with Crippen molar-refractivity contribution in [1.82, 2.24) is 10.6 Å². The molecule has 13 heteroatoms. The molecule has 0 saturated carbocycles. The summed E-state index contributed by atoms with van der Waals surface area (Å²) in [5, 5.41) is 2.35. The summed E-state index contributed by atoms with van der Waals surface area (Å²) >= 11 is 0. The molecule has 1 aliphatic rings. The molecule has 1 saturated heterocycles. The predicted molar refractivity (Wildman–Crippen MR) is 45.9 cm³/mol. The highest BCUT2D eigenvalue weighted by molar-refractivity contribution is 5.98. The van der Waals surface area contributed by atoms with Crippen molar-refractivity contribution in [1.29, 1.82) is 0 Å². The maximum Gasteiger partial charge on any atom is 0.457 e. The lowest BCUT2D eigenvalue weighted by molar-refractivity contribution is -0.391. The molecular weight excluding hydrogens is 327 g/mol. The fourth-order valence-corrected chi connectivity index (χ4v) is 1.65. The Kier molecular flexibility index (Phi) is 3.85. The molecule has 21 heavy (non-hydrogen) atoms. The molecule has 1 aliphatic heterocycles. The van der Waals surface area contributed by atoms with Crippen LogP contribution in [0.15, 0.2) is 0 Å². The first kappa shape index (κ1) is 17.4. The van der Waals surface area contributed by atoms with Crippen molar-refractivity contribution in [3.8, 4) is 0 Å². The molecule has 0 aromatic heterocycles. The summed E-state index contributed by atoms with van der Waals surface area (Å²) in [6.45, 7) is -1.67. The average Bonchev–Trinajstić information content (AvgIpc) is 2.24. The fraction of sp³-hybridized carbons (Fsp3) is 0.750. The van der Waals surface area contributed by atoms with E-state index in [4.69, 9.17) is 0 Å². The highest BCUT2D eigenvalue weighted by Gasteiger charge is 2.84. The van der Waals surface area contributed by atoms with Gasteiger partial charge in [0, 0.05) is 6.54 Å². The molecule has 1 rings (SSSR count). The third kappa shape index (κ3) is 2.48. The highest BCUT2D eigenvalue weighted by Crippen LogP contribution is 2.56. The smallest absolute Gasteiger partial charge is 0.337 e. The van der Waals surface area contributed by atoms with Gasteiger partial charge in [-0.15, -0.1) is 0 Å². The number of hydrogen-bond donors (Lipinski definition) is 2. The molecule has 2 atom stereocenters. The summed E-state index contributed by atoms with van der Waals surface area (Å²) in [5.41, 5.74) is -6.24. The van der Waals surface area contributed by atoms with Gasteiger partial charge in [-0.3, -0.25) is 10.1 Å². The van der Waals surface area contributed by atoms with Crippen LogP contribution < -0.4 is 10.6 Å². The molecule has 0 bridgehead atoms.